The van der Waals surface area contributed by atoms with Gasteiger partial charge in [-0.2, -0.15) is 4.98 Å². The molecule has 12 N–H and O–H groups in total. The van der Waals surface area contributed by atoms with Crippen LogP contribution in [0.1, 0.15) is 19.1 Å². The van der Waals surface area contributed by atoms with E-state index in [0.717, 1.165) is 6.42 Å². The zero-order valence-electron chi connectivity index (χ0n) is 14.8. The second kappa shape index (κ2) is 13.4. The van der Waals surface area contributed by atoms with Crippen molar-refractivity contribution in [3.63, 3.8) is 0 Å². The van der Waals surface area contributed by atoms with E-state index in [1.54, 1.807) is 12.3 Å². The predicted molar refractivity (Wildman–Crippen MR) is 95.9 cm³/mol. The largest absolute Gasteiger partial charge is 0.466 e. The Labute approximate surface area is 167 Å². The molecule has 0 spiro atoms. The fourth-order valence-corrected chi connectivity index (χ4v) is 1.67. The van der Waals surface area contributed by atoms with Gasteiger partial charge in [-0.25, -0.2) is 18.5 Å². The molecule has 0 saturated carbocycles. The summed E-state index contributed by atoms with van der Waals surface area (Å²) in [5.74, 6) is 0.202. The van der Waals surface area contributed by atoms with E-state index in [1.165, 1.54) is 4.57 Å². The number of aromatic nitrogens is 2. The molecular formula is C9H22N3O15P3. The average molecular weight is 505 g/mol. The lowest BCUT2D eigenvalue weighted by Crippen LogP contribution is -2.27. The Bertz CT molecular complexity index is 756. The number of aliphatic hydroxyl groups excluding tert-OH is 1. The molecule has 18 nitrogen and oxygen atoms in total. The van der Waals surface area contributed by atoms with Crippen LogP contribution in [0, 0.1) is 0 Å². The Morgan fingerprint density at radius 3 is 1.67 bits per heavy atom. The van der Waals surface area contributed by atoms with E-state index < -0.39 is 29.2 Å². The van der Waals surface area contributed by atoms with E-state index in [2.05, 4.69) is 4.98 Å². The number of hydrogen-bond donors (Lipinski definition) is 11. The number of anilines is 1. The second-order valence-corrected chi connectivity index (χ2v) is 8.13. The third kappa shape index (κ3) is 25.0. The Hall–Kier alpha value is -1.07. The highest BCUT2D eigenvalue weighted by Crippen LogP contribution is 2.27. The number of nitrogens with zero attached hydrogens (tertiary/aromatic N) is 2. The van der Waals surface area contributed by atoms with Gasteiger partial charge in [-0.3, -0.25) is 4.57 Å². The first-order chi connectivity index (χ1) is 13.2. The van der Waals surface area contributed by atoms with Crippen LogP contribution in [0.15, 0.2) is 17.1 Å². The zero-order chi connectivity index (χ0) is 24.3. The highest BCUT2D eigenvalue weighted by Gasteiger charge is 2.26. The molecule has 1 aromatic heterocycles. The maximum atomic E-state index is 11.5. The number of nitrogens with two attached hydrogens (primary N) is 1. The average Bonchev–Trinajstić information content (AvgIpc) is 2.90. The molecule has 30 heavy (non-hydrogen) atoms. The molecule has 178 valence electrons. The van der Waals surface area contributed by atoms with Crippen molar-refractivity contribution >= 4 is 29.3 Å². The number of rotatable bonds is 2. The van der Waals surface area contributed by atoms with Crippen molar-refractivity contribution in [2.45, 2.75) is 25.2 Å². The number of aliphatic hydroxyl groups is 1. The predicted octanol–water partition coefficient (Wildman–Crippen LogP) is -3.29. The maximum Gasteiger partial charge on any atom is 0.466 e. The summed E-state index contributed by atoms with van der Waals surface area (Å²) in [6.07, 6.45) is 2.51. The van der Waals surface area contributed by atoms with Gasteiger partial charge in [0, 0.05) is 6.20 Å². The van der Waals surface area contributed by atoms with Crippen molar-refractivity contribution in [3.05, 3.63) is 22.7 Å². The van der Waals surface area contributed by atoms with E-state index in [-0.39, 0.29) is 24.8 Å². The fraction of sp³-hybridized carbons (Fsp3) is 0.556. The van der Waals surface area contributed by atoms with Crippen LogP contribution in [-0.4, -0.2) is 71.4 Å². The summed E-state index contributed by atoms with van der Waals surface area (Å²) in [4.78, 5) is 79.8. The van der Waals surface area contributed by atoms with Crippen molar-refractivity contribution in [1.82, 2.24) is 9.55 Å². The Balaban J connectivity index is 0. The van der Waals surface area contributed by atoms with Gasteiger partial charge >= 0.3 is 29.2 Å². The van der Waals surface area contributed by atoms with Gasteiger partial charge in [-0.1, -0.05) is 0 Å². The topological polar surface area (TPSA) is 324 Å². The number of phosphoric acid groups is 3. The van der Waals surface area contributed by atoms with Crippen LogP contribution < -0.4 is 11.4 Å². The molecule has 1 fully saturated rings. The van der Waals surface area contributed by atoms with Gasteiger partial charge in [0.05, 0.1) is 12.7 Å². The summed E-state index contributed by atoms with van der Waals surface area (Å²) in [5, 5.41) is 8.90. The molecule has 2 atom stereocenters. The smallest absolute Gasteiger partial charge is 0.394 e. The van der Waals surface area contributed by atoms with Crippen LogP contribution in [-0.2, 0) is 18.4 Å². The summed E-state index contributed by atoms with van der Waals surface area (Å²) in [6.45, 7) is -0.0202. The third-order valence-electron chi connectivity index (χ3n) is 2.45. The van der Waals surface area contributed by atoms with Gasteiger partial charge in [0.15, 0.2) is 0 Å². The summed E-state index contributed by atoms with van der Waals surface area (Å²) in [6, 6.07) is 1.55. The number of nitrogen functional groups attached to an aromatic ring is 1. The highest BCUT2D eigenvalue weighted by atomic mass is 31.2. The van der Waals surface area contributed by atoms with Gasteiger partial charge in [0.2, 0.25) is 0 Å². The maximum absolute atomic E-state index is 11.5. The molecule has 1 aromatic rings. The summed E-state index contributed by atoms with van der Waals surface area (Å²) >= 11 is 0. The minimum Gasteiger partial charge on any atom is -0.394 e. The molecule has 1 aliphatic rings. The molecule has 21 heteroatoms. The van der Waals surface area contributed by atoms with Crippen molar-refractivity contribution in [2.24, 2.45) is 0 Å². The van der Waals surface area contributed by atoms with Crippen LogP contribution in [0.4, 0.5) is 5.82 Å². The Morgan fingerprint density at radius 1 is 0.967 bits per heavy atom. The van der Waals surface area contributed by atoms with Crippen LogP contribution in [0.2, 0.25) is 0 Å². The zero-order valence-corrected chi connectivity index (χ0v) is 17.4. The van der Waals surface area contributed by atoms with Gasteiger partial charge in [-0.05, 0) is 18.9 Å². The molecule has 0 amide bonds. The molecule has 1 aliphatic heterocycles. The Kier molecular flexibility index (Phi) is 13.9. The van der Waals surface area contributed by atoms with Crippen LogP contribution in [0.25, 0.3) is 0 Å². The molecular weight excluding hydrogens is 483 g/mol. The summed E-state index contributed by atoms with van der Waals surface area (Å²) in [5.41, 5.74) is 4.96. The van der Waals surface area contributed by atoms with E-state index in [9.17, 15) is 4.79 Å². The van der Waals surface area contributed by atoms with Gasteiger partial charge < -0.3 is 59.6 Å². The van der Waals surface area contributed by atoms with E-state index >= 15 is 0 Å². The first-order valence-electron chi connectivity index (χ1n) is 7.16. The summed E-state index contributed by atoms with van der Waals surface area (Å²) < 4.78 is 33.5. The fourth-order valence-electron chi connectivity index (χ4n) is 1.67. The van der Waals surface area contributed by atoms with Gasteiger partial charge in [-0.15, -0.1) is 0 Å². The van der Waals surface area contributed by atoms with Gasteiger partial charge in [0.25, 0.3) is 0 Å². The lowest BCUT2D eigenvalue weighted by atomic mass is 10.2. The molecule has 0 bridgehead atoms. The lowest BCUT2D eigenvalue weighted by Gasteiger charge is -2.14. The lowest BCUT2D eigenvalue weighted by molar-refractivity contribution is -0.0245. The molecule has 0 aliphatic carbocycles. The molecule has 2 heterocycles. The molecule has 0 radical (unpaired) electrons. The molecule has 0 aromatic carbocycles. The molecule has 1 saturated heterocycles. The highest BCUT2D eigenvalue weighted by molar-refractivity contribution is 7.45. The first-order valence-corrected chi connectivity index (χ1v) is 11.9. The van der Waals surface area contributed by atoms with Crippen LogP contribution >= 0.6 is 23.5 Å². The van der Waals surface area contributed by atoms with Crippen molar-refractivity contribution < 1.29 is 67.6 Å². The van der Waals surface area contributed by atoms with Crippen molar-refractivity contribution in [2.75, 3.05) is 12.3 Å². The first kappa shape index (κ1) is 31.1. The van der Waals surface area contributed by atoms with E-state index in [0.29, 0.717) is 6.42 Å². The molecule has 2 rings (SSSR count). The van der Waals surface area contributed by atoms with Crippen LogP contribution in [0.3, 0.4) is 0 Å². The van der Waals surface area contributed by atoms with Crippen molar-refractivity contribution in [3.8, 4) is 0 Å². The minimum absolute atomic E-state index is 0.0202. The number of hydrogen-bond acceptors (Lipinski definition) is 8. The monoisotopic (exact) mass is 505 g/mol. The van der Waals surface area contributed by atoms with Gasteiger partial charge in [0.1, 0.15) is 12.0 Å². The van der Waals surface area contributed by atoms with Crippen molar-refractivity contribution in [1.29, 1.82) is 0 Å². The van der Waals surface area contributed by atoms with E-state index in [4.69, 9.17) is 73.3 Å². The standard InChI is InChI=1S/C9H13N3O3.3H3O4P/c10-7-3-4-12(9(14)11-7)8-2-1-6(5-13)15-8;3*1-5(2,3)4/h3-4,6,8,13H,1-2,5H2,(H2,10,11,14);3*(H3,1,2,3,4)/t6-,8+;;;/m0.../s1. The van der Waals surface area contributed by atoms with Crippen LogP contribution in [0.5, 0.6) is 0 Å². The third-order valence-corrected chi connectivity index (χ3v) is 2.45. The Morgan fingerprint density at radius 2 is 1.37 bits per heavy atom. The normalized spacial score (nSPS) is 18.7. The second-order valence-electron chi connectivity index (χ2n) is 5.05. The number of ether oxygens (including phenoxy) is 1. The summed E-state index contributed by atoms with van der Waals surface area (Å²) in [7, 11) is -13.9. The minimum atomic E-state index is -4.64. The SMILES string of the molecule is Nc1ccn([C@H]2CC[C@@H](CO)O2)c(=O)n1.O=P(O)(O)O.O=P(O)(O)O.O=P(O)(O)O. The van der Waals surface area contributed by atoms with E-state index in [1.807, 2.05) is 0 Å². The molecule has 0 unspecified atom stereocenters. The quantitative estimate of drug-likeness (QED) is 0.175.